The van der Waals surface area contributed by atoms with Gasteiger partial charge in [0.1, 0.15) is 11.5 Å². The maximum absolute atomic E-state index is 12.0. The summed E-state index contributed by atoms with van der Waals surface area (Å²) in [7, 11) is 3.17. The van der Waals surface area contributed by atoms with Gasteiger partial charge in [0.25, 0.3) is 23.0 Å². The molecule has 1 atom stereocenters. The Labute approximate surface area is 124 Å². The Hall–Kier alpha value is -2.22. The molecule has 21 heavy (non-hydrogen) atoms. The summed E-state index contributed by atoms with van der Waals surface area (Å²) in [6, 6.07) is 4.68. The number of aromatic hydroxyl groups is 1. The third-order valence-electron chi connectivity index (χ3n) is 2.74. The van der Waals surface area contributed by atoms with Gasteiger partial charge in [0.05, 0.1) is 12.2 Å². The molecular formula is C13H15N3O4S. The van der Waals surface area contributed by atoms with E-state index >= 15 is 0 Å². The molecule has 0 aliphatic carbocycles. The van der Waals surface area contributed by atoms with Crippen LogP contribution in [0.15, 0.2) is 27.0 Å². The van der Waals surface area contributed by atoms with Crippen LogP contribution in [0.3, 0.4) is 0 Å². The van der Waals surface area contributed by atoms with Gasteiger partial charge in [-0.15, -0.1) is 4.40 Å². The molecule has 1 heterocycles. The number of phenols is 1. The van der Waals surface area contributed by atoms with E-state index in [9.17, 15) is 14.1 Å². The van der Waals surface area contributed by atoms with Crippen molar-refractivity contribution in [3.8, 4) is 5.75 Å². The maximum atomic E-state index is 12.0. The lowest BCUT2D eigenvalue weighted by Gasteiger charge is -2.14. The zero-order valence-electron chi connectivity index (χ0n) is 11.9. The second kappa shape index (κ2) is 6.04. The number of hydrogen-bond acceptors (Lipinski definition) is 4. The van der Waals surface area contributed by atoms with Crippen LogP contribution in [0.2, 0.25) is 0 Å². The standard InChI is InChI=1S/C13H15N3O4S/c1-4-20-12-10(14-21(19)15-12)8-6-5-7-9(11(8)17)13(18)16(2)3/h5-7,17H,4H2,1-3H3. The number of para-hydroxylation sites is 1. The molecule has 1 N–H and O–H groups in total. The van der Waals surface area contributed by atoms with Crippen LogP contribution >= 0.6 is 0 Å². The molecule has 112 valence electrons. The first-order chi connectivity index (χ1) is 9.95. The van der Waals surface area contributed by atoms with E-state index < -0.39 is 11.2 Å². The largest absolute Gasteiger partial charge is 0.506 e. The molecule has 0 saturated carbocycles. The van der Waals surface area contributed by atoms with E-state index in [1.807, 2.05) is 0 Å². The summed E-state index contributed by atoms with van der Waals surface area (Å²) in [6.07, 6.45) is 0. The average Bonchev–Trinajstić information content (AvgIpc) is 2.79. The zero-order chi connectivity index (χ0) is 15.6. The quantitative estimate of drug-likeness (QED) is 0.898. The molecule has 1 unspecified atom stereocenters. The van der Waals surface area contributed by atoms with Gasteiger partial charge >= 0.3 is 0 Å². The van der Waals surface area contributed by atoms with Crippen molar-refractivity contribution >= 4 is 28.7 Å². The molecule has 7 nitrogen and oxygen atoms in total. The third-order valence-corrected chi connectivity index (χ3v) is 3.40. The second-order valence-electron chi connectivity index (χ2n) is 4.40. The zero-order valence-corrected chi connectivity index (χ0v) is 12.7. The van der Waals surface area contributed by atoms with Crippen molar-refractivity contribution in [2.24, 2.45) is 8.80 Å². The molecular weight excluding hydrogens is 294 g/mol. The number of hydrogen-bond donors (Lipinski definition) is 1. The topological polar surface area (TPSA) is 91.6 Å². The van der Waals surface area contributed by atoms with Crippen LogP contribution in [0.25, 0.3) is 0 Å². The third kappa shape index (κ3) is 2.94. The molecule has 2 rings (SSSR count). The van der Waals surface area contributed by atoms with Crippen LogP contribution in [0, 0.1) is 0 Å². The van der Waals surface area contributed by atoms with Crippen LogP contribution in [0.1, 0.15) is 22.8 Å². The van der Waals surface area contributed by atoms with Gasteiger partial charge < -0.3 is 14.7 Å². The van der Waals surface area contributed by atoms with E-state index in [1.165, 1.54) is 11.0 Å². The summed E-state index contributed by atoms with van der Waals surface area (Å²) < 4.78 is 24.3. The first-order valence-electron chi connectivity index (χ1n) is 6.22. The highest BCUT2D eigenvalue weighted by Crippen LogP contribution is 2.26. The molecule has 1 aliphatic rings. The number of rotatable bonds is 3. The van der Waals surface area contributed by atoms with Gasteiger partial charge in [0.15, 0.2) is 0 Å². The lowest BCUT2D eigenvalue weighted by atomic mass is 10.0. The fraction of sp³-hybridized carbons (Fsp3) is 0.308. The monoisotopic (exact) mass is 309 g/mol. The van der Waals surface area contributed by atoms with Gasteiger partial charge in [-0.2, -0.15) is 4.40 Å². The van der Waals surface area contributed by atoms with Crippen LogP contribution in [-0.4, -0.2) is 52.4 Å². The van der Waals surface area contributed by atoms with Crippen molar-refractivity contribution in [3.63, 3.8) is 0 Å². The van der Waals surface area contributed by atoms with Gasteiger partial charge in [-0.3, -0.25) is 4.79 Å². The molecule has 1 aliphatic heterocycles. The number of phenolic OH excluding ortho intramolecular Hbond substituents is 1. The summed E-state index contributed by atoms with van der Waals surface area (Å²) >= 11 is -1.77. The van der Waals surface area contributed by atoms with Gasteiger partial charge in [-0.1, -0.05) is 6.07 Å². The Morgan fingerprint density at radius 1 is 1.38 bits per heavy atom. The van der Waals surface area contributed by atoms with E-state index in [1.54, 1.807) is 33.2 Å². The first-order valence-corrected chi connectivity index (χ1v) is 7.28. The van der Waals surface area contributed by atoms with Gasteiger partial charge in [-0.05, 0) is 19.1 Å². The fourth-order valence-corrected chi connectivity index (χ4v) is 2.45. The highest BCUT2D eigenvalue weighted by molar-refractivity contribution is 7.83. The fourth-order valence-electron chi connectivity index (χ4n) is 1.80. The molecule has 0 fully saturated rings. The van der Waals surface area contributed by atoms with Crippen LogP contribution in [0.5, 0.6) is 5.75 Å². The van der Waals surface area contributed by atoms with E-state index in [0.717, 1.165) is 0 Å². The van der Waals surface area contributed by atoms with Crippen LogP contribution in [0.4, 0.5) is 0 Å². The van der Waals surface area contributed by atoms with E-state index in [4.69, 9.17) is 4.74 Å². The smallest absolute Gasteiger partial charge is 0.269 e. The number of ether oxygens (including phenoxy) is 1. The predicted molar refractivity (Wildman–Crippen MR) is 79.9 cm³/mol. The van der Waals surface area contributed by atoms with Gasteiger partial charge in [-0.25, -0.2) is 4.21 Å². The minimum atomic E-state index is -1.77. The van der Waals surface area contributed by atoms with Gasteiger partial charge in [0.2, 0.25) is 0 Å². The van der Waals surface area contributed by atoms with Crippen molar-refractivity contribution in [2.45, 2.75) is 6.92 Å². The van der Waals surface area contributed by atoms with E-state index in [0.29, 0.717) is 6.61 Å². The van der Waals surface area contributed by atoms with Crippen LogP contribution < -0.4 is 0 Å². The second-order valence-corrected chi connectivity index (χ2v) is 5.23. The highest BCUT2D eigenvalue weighted by atomic mass is 32.2. The van der Waals surface area contributed by atoms with Crippen molar-refractivity contribution in [2.75, 3.05) is 20.7 Å². The Kier molecular flexibility index (Phi) is 4.37. The van der Waals surface area contributed by atoms with Crippen LogP contribution in [-0.2, 0) is 15.9 Å². The van der Waals surface area contributed by atoms with Crippen molar-refractivity contribution in [3.05, 3.63) is 29.3 Å². The maximum Gasteiger partial charge on any atom is 0.269 e. The summed E-state index contributed by atoms with van der Waals surface area (Å²) in [5.74, 6) is -0.481. The Morgan fingerprint density at radius 2 is 2.10 bits per heavy atom. The predicted octanol–water partition coefficient (Wildman–Crippen LogP) is 0.910. The molecule has 0 saturated heterocycles. The Bertz CT molecular complexity index is 667. The number of carbonyl (C=O) groups is 1. The lowest BCUT2D eigenvalue weighted by Crippen LogP contribution is -2.23. The first kappa shape index (κ1) is 15.2. The summed E-state index contributed by atoms with van der Waals surface area (Å²) in [5.41, 5.74) is 0.579. The highest BCUT2D eigenvalue weighted by Gasteiger charge is 2.26. The SMILES string of the molecule is CCOC1=NS(=O)N=C1c1cccc(C(=O)N(C)C)c1O. The minimum absolute atomic E-state index is 0.0978. The van der Waals surface area contributed by atoms with Crippen molar-refractivity contribution < 1.29 is 18.8 Å². The molecule has 1 aromatic rings. The lowest BCUT2D eigenvalue weighted by molar-refractivity contribution is 0.0824. The normalized spacial score (nSPS) is 17.2. The number of carbonyl (C=O) groups excluding carboxylic acids is 1. The molecule has 0 spiro atoms. The van der Waals surface area contributed by atoms with Crippen molar-refractivity contribution in [1.29, 1.82) is 0 Å². The van der Waals surface area contributed by atoms with Gasteiger partial charge in [0, 0.05) is 19.7 Å². The van der Waals surface area contributed by atoms with Crippen molar-refractivity contribution in [1.82, 2.24) is 4.90 Å². The summed E-state index contributed by atoms with van der Waals surface area (Å²) in [5, 5.41) is 10.3. The Balaban J connectivity index is 2.49. The summed E-state index contributed by atoms with van der Waals surface area (Å²) in [4.78, 5) is 13.4. The molecule has 1 amide bonds. The molecule has 0 bridgehead atoms. The molecule has 0 radical (unpaired) electrons. The minimum Gasteiger partial charge on any atom is -0.506 e. The summed E-state index contributed by atoms with van der Waals surface area (Å²) in [6.45, 7) is 2.08. The van der Waals surface area contributed by atoms with E-state index in [-0.39, 0.29) is 34.4 Å². The molecule has 8 heteroatoms. The molecule has 1 aromatic carbocycles. The number of nitrogens with zero attached hydrogens (tertiary/aromatic N) is 3. The van der Waals surface area contributed by atoms with E-state index in [2.05, 4.69) is 8.80 Å². The number of benzene rings is 1. The molecule has 0 aromatic heterocycles. The average molecular weight is 309 g/mol. The Morgan fingerprint density at radius 3 is 2.71 bits per heavy atom. The number of amides is 1.